The van der Waals surface area contributed by atoms with E-state index < -0.39 is 44.3 Å². The Morgan fingerprint density at radius 2 is 1.35 bits per heavy atom. The molecule has 0 aliphatic carbocycles. The summed E-state index contributed by atoms with van der Waals surface area (Å²) in [5.74, 6) is -4.16. The van der Waals surface area contributed by atoms with Crippen molar-refractivity contribution in [1.29, 1.82) is 0 Å². The number of non-ortho nitro benzene ring substituents is 1. The molecule has 48 heavy (non-hydrogen) atoms. The molecule has 5 rings (SSSR count). The standard InChI is InChI=1S/C32H28N2O11S3/c1-15-11-12-19-18(13-15)20-25(31(2,3)33(19)26(35)16-9-8-10-17(14-16)34(40)41)46-22(28(37)43-5)21(27(36)42-4)32(20)47-23(29(38)44-6)24(48-32)30(39)45-7/h8-14H,1-7H3. The van der Waals surface area contributed by atoms with E-state index in [4.69, 9.17) is 18.9 Å². The third-order valence-electron chi connectivity index (χ3n) is 7.80. The Kier molecular flexibility index (Phi) is 9.29. The van der Waals surface area contributed by atoms with E-state index >= 15 is 0 Å². The predicted molar refractivity (Wildman–Crippen MR) is 180 cm³/mol. The largest absolute Gasteiger partial charge is 0.466 e. The molecule has 0 radical (unpaired) electrons. The second kappa shape index (κ2) is 12.8. The molecule has 3 heterocycles. The van der Waals surface area contributed by atoms with E-state index in [0.717, 1.165) is 69.3 Å². The topological polar surface area (TPSA) is 169 Å². The van der Waals surface area contributed by atoms with E-state index in [1.807, 2.05) is 6.92 Å². The van der Waals surface area contributed by atoms with Crippen molar-refractivity contribution in [3.63, 3.8) is 0 Å². The third kappa shape index (κ3) is 5.37. The lowest BCUT2D eigenvalue weighted by molar-refractivity contribution is -0.384. The fourth-order valence-corrected chi connectivity index (χ4v) is 10.7. The summed E-state index contributed by atoms with van der Waals surface area (Å²) in [5, 5.41) is 11.6. The molecule has 2 aromatic carbocycles. The van der Waals surface area contributed by atoms with E-state index in [0.29, 0.717) is 21.7 Å². The molecule has 1 amide bonds. The molecule has 0 atom stereocenters. The number of fused-ring (bicyclic) bond motifs is 3. The van der Waals surface area contributed by atoms with E-state index in [1.165, 1.54) is 29.2 Å². The number of carbonyl (C=O) groups excluding carboxylic acids is 5. The summed E-state index contributed by atoms with van der Waals surface area (Å²) in [6.45, 7) is 5.26. The van der Waals surface area contributed by atoms with Crippen molar-refractivity contribution in [3.05, 3.63) is 94.5 Å². The first-order valence-corrected chi connectivity index (χ1v) is 16.5. The number of nitrogens with zero attached hydrogens (tertiary/aromatic N) is 2. The molecule has 0 saturated carbocycles. The van der Waals surface area contributed by atoms with Gasteiger partial charge in [-0.1, -0.05) is 53.0 Å². The Balaban J connectivity index is 1.88. The van der Waals surface area contributed by atoms with Gasteiger partial charge in [-0.05, 0) is 39.0 Å². The number of nitro groups is 1. The lowest BCUT2D eigenvalue weighted by atomic mass is 9.82. The maximum Gasteiger partial charge on any atom is 0.345 e. The van der Waals surface area contributed by atoms with Gasteiger partial charge in [0.2, 0.25) is 0 Å². The zero-order chi connectivity index (χ0) is 35.3. The quantitative estimate of drug-likeness (QED) is 0.167. The summed E-state index contributed by atoms with van der Waals surface area (Å²) in [6.07, 6.45) is 0. The van der Waals surface area contributed by atoms with Crippen molar-refractivity contribution in [2.45, 2.75) is 30.4 Å². The first kappa shape index (κ1) is 34.8. The number of nitro benzene ring substituents is 1. The number of ether oxygens (including phenoxy) is 4. The van der Waals surface area contributed by atoms with Gasteiger partial charge in [0.25, 0.3) is 11.6 Å². The van der Waals surface area contributed by atoms with Crippen molar-refractivity contribution in [2.24, 2.45) is 0 Å². The Labute approximate surface area is 287 Å². The summed E-state index contributed by atoms with van der Waals surface area (Å²) in [5.41, 5.74) is 0.246. The predicted octanol–water partition coefficient (Wildman–Crippen LogP) is 5.13. The van der Waals surface area contributed by atoms with Crippen LogP contribution in [-0.4, -0.2) is 72.8 Å². The van der Waals surface area contributed by atoms with Gasteiger partial charge < -0.3 is 18.9 Å². The first-order chi connectivity index (χ1) is 22.7. The summed E-state index contributed by atoms with van der Waals surface area (Å²) in [7, 11) is 4.54. The van der Waals surface area contributed by atoms with E-state index in [2.05, 4.69) is 0 Å². The minimum atomic E-state index is -1.73. The Bertz CT molecular complexity index is 1900. The normalized spacial score (nSPS) is 17.4. The maximum atomic E-state index is 14.4. The van der Waals surface area contributed by atoms with E-state index in [-0.39, 0.29) is 31.5 Å². The zero-order valence-corrected chi connectivity index (χ0v) is 29.1. The molecule has 2 aromatic rings. The molecule has 0 saturated heterocycles. The van der Waals surface area contributed by atoms with Crippen molar-refractivity contribution in [3.8, 4) is 0 Å². The van der Waals surface area contributed by atoms with Crippen LogP contribution >= 0.6 is 35.3 Å². The highest BCUT2D eigenvalue weighted by atomic mass is 32.2. The fourth-order valence-electron chi connectivity index (χ4n) is 5.68. The molecule has 0 fully saturated rings. The molecule has 3 aliphatic heterocycles. The summed E-state index contributed by atoms with van der Waals surface area (Å²) in [6, 6.07) is 10.6. The number of rotatable bonds is 6. The third-order valence-corrected chi connectivity index (χ3v) is 12.5. The molecule has 0 unspecified atom stereocenters. The number of esters is 4. The number of methoxy groups -OCH3 is 4. The second-order valence-corrected chi connectivity index (χ2v) is 14.7. The average Bonchev–Trinajstić information content (AvgIpc) is 3.46. The molecule has 1 spiro atoms. The number of hydrogen-bond donors (Lipinski definition) is 0. The lowest BCUT2D eigenvalue weighted by Gasteiger charge is -2.50. The van der Waals surface area contributed by atoms with Crippen molar-refractivity contribution < 1.29 is 47.8 Å². The first-order valence-electron chi connectivity index (χ1n) is 14.0. The second-order valence-electron chi connectivity index (χ2n) is 11.0. The number of aryl methyl sites for hydroxylation is 1. The minimum absolute atomic E-state index is 0.0367. The molecule has 0 aromatic heterocycles. The monoisotopic (exact) mass is 712 g/mol. The Hall–Kier alpha value is -4.54. The average molecular weight is 713 g/mol. The molecular formula is C32H28N2O11S3. The highest BCUT2D eigenvalue weighted by molar-refractivity contribution is 8.26. The van der Waals surface area contributed by atoms with Crippen LogP contribution in [0.4, 0.5) is 11.4 Å². The van der Waals surface area contributed by atoms with Gasteiger partial charge in [-0.15, -0.1) is 0 Å². The van der Waals surface area contributed by atoms with Crippen LogP contribution in [0.25, 0.3) is 5.57 Å². The molecule has 3 aliphatic rings. The molecule has 16 heteroatoms. The van der Waals surface area contributed by atoms with Crippen LogP contribution in [0.1, 0.15) is 35.3 Å². The van der Waals surface area contributed by atoms with Crippen molar-refractivity contribution >= 4 is 82.0 Å². The van der Waals surface area contributed by atoms with Gasteiger partial charge in [-0.25, -0.2) is 19.2 Å². The molecular weight excluding hydrogens is 685 g/mol. The molecule has 250 valence electrons. The van der Waals surface area contributed by atoms with Crippen molar-refractivity contribution in [1.82, 2.24) is 0 Å². The fraction of sp³-hybridized carbons (Fsp3) is 0.281. The number of anilines is 1. The Morgan fingerprint density at radius 1 is 0.792 bits per heavy atom. The smallest absolute Gasteiger partial charge is 0.345 e. The maximum absolute atomic E-state index is 14.4. The van der Waals surface area contributed by atoms with Crippen LogP contribution in [0.3, 0.4) is 0 Å². The lowest BCUT2D eigenvalue weighted by Crippen LogP contribution is -2.53. The summed E-state index contributed by atoms with van der Waals surface area (Å²) in [4.78, 5) is 80.4. The van der Waals surface area contributed by atoms with Gasteiger partial charge in [0.05, 0.1) is 50.2 Å². The highest BCUT2D eigenvalue weighted by Gasteiger charge is 2.61. The number of thioether (sulfide) groups is 3. The molecule has 0 N–H and O–H groups in total. The number of hydrogen-bond acceptors (Lipinski definition) is 14. The van der Waals surface area contributed by atoms with Crippen LogP contribution in [0.2, 0.25) is 0 Å². The molecule has 0 bridgehead atoms. The van der Waals surface area contributed by atoms with Crippen LogP contribution in [0.5, 0.6) is 0 Å². The van der Waals surface area contributed by atoms with Gasteiger partial charge in [0.15, 0.2) is 0 Å². The SMILES string of the molecule is COC(=O)C1=C(C(=O)OC)SC2(S1)C(C(=O)OC)=C(C(=O)OC)SC1=C2c2cc(C)ccc2N(C(=O)c2cccc([N+](=O)[O-])c2)C1(C)C. The minimum Gasteiger partial charge on any atom is -0.466 e. The van der Waals surface area contributed by atoms with Gasteiger partial charge in [-0.2, -0.15) is 0 Å². The van der Waals surface area contributed by atoms with E-state index in [9.17, 15) is 34.1 Å². The van der Waals surface area contributed by atoms with Gasteiger partial charge in [0.1, 0.15) is 18.8 Å². The van der Waals surface area contributed by atoms with Gasteiger partial charge in [0, 0.05) is 33.7 Å². The number of carbonyl (C=O) groups is 5. The van der Waals surface area contributed by atoms with Crippen LogP contribution in [0, 0.1) is 17.0 Å². The van der Waals surface area contributed by atoms with Crippen molar-refractivity contribution in [2.75, 3.05) is 33.3 Å². The number of benzene rings is 2. The highest BCUT2D eigenvalue weighted by Crippen LogP contribution is 2.71. The molecule has 13 nitrogen and oxygen atoms in total. The Morgan fingerprint density at radius 3 is 1.90 bits per heavy atom. The van der Waals surface area contributed by atoms with Gasteiger partial charge in [-0.3, -0.25) is 19.8 Å². The van der Waals surface area contributed by atoms with Gasteiger partial charge >= 0.3 is 23.9 Å². The summed E-state index contributed by atoms with van der Waals surface area (Å²) < 4.78 is 18.6. The summed E-state index contributed by atoms with van der Waals surface area (Å²) >= 11 is 2.54. The zero-order valence-electron chi connectivity index (χ0n) is 26.7. The number of amides is 1. The van der Waals surface area contributed by atoms with Crippen LogP contribution in [-0.2, 0) is 38.1 Å². The van der Waals surface area contributed by atoms with Crippen LogP contribution in [0.15, 0.2) is 67.7 Å². The van der Waals surface area contributed by atoms with E-state index in [1.54, 1.807) is 32.0 Å². The van der Waals surface area contributed by atoms with Crippen LogP contribution < -0.4 is 4.90 Å².